The monoisotopic (exact) mass is 291 g/mol. The van der Waals surface area contributed by atoms with Gasteiger partial charge in [-0.15, -0.1) is 5.10 Å². The molecule has 0 aliphatic heterocycles. The van der Waals surface area contributed by atoms with Crippen LogP contribution >= 0.6 is 0 Å². The quantitative estimate of drug-likeness (QED) is 0.782. The Morgan fingerprint density at radius 2 is 2.19 bits per heavy atom. The molecule has 0 N–H and O–H groups in total. The third kappa shape index (κ3) is 3.54. The van der Waals surface area contributed by atoms with E-state index in [1.165, 1.54) is 31.2 Å². The van der Waals surface area contributed by atoms with E-state index in [0.717, 1.165) is 4.68 Å². The van der Waals surface area contributed by atoms with E-state index in [1.807, 2.05) is 0 Å². The molecule has 0 saturated heterocycles. The van der Waals surface area contributed by atoms with Gasteiger partial charge in [-0.1, -0.05) is 0 Å². The van der Waals surface area contributed by atoms with Crippen molar-refractivity contribution >= 4 is 5.97 Å². The van der Waals surface area contributed by atoms with Crippen LogP contribution in [0.5, 0.6) is 0 Å². The molecule has 7 nitrogen and oxygen atoms in total. The molecule has 2 aromatic rings. The standard InChI is InChI=1S/C13H10FN3O4/c1-8(6-15)20-11(18)7-17-13(19)21-12(16-17)9-2-4-10(14)5-3-9/h2-5,8H,7H2,1H3/t8-/m1/s1. The zero-order valence-corrected chi connectivity index (χ0v) is 10.9. The van der Waals surface area contributed by atoms with Crippen LogP contribution in [0.25, 0.3) is 11.5 Å². The number of esters is 1. The Morgan fingerprint density at radius 3 is 2.81 bits per heavy atom. The molecule has 0 aliphatic rings. The summed E-state index contributed by atoms with van der Waals surface area (Å²) >= 11 is 0. The molecule has 0 bridgehead atoms. The molecular weight excluding hydrogens is 281 g/mol. The molecule has 1 aromatic heterocycles. The van der Waals surface area contributed by atoms with Crippen molar-refractivity contribution in [3.8, 4) is 17.5 Å². The van der Waals surface area contributed by atoms with Gasteiger partial charge in [0.2, 0.25) is 5.89 Å². The number of rotatable bonds is 4. The minimum atomic E-state index is -0.920. The fourth-order valence-corrected chi connectivity index (χ4v) is 1.50. The lowest BCUT2D eigenvalue weighted by Gasteiger charge is -2.04. The molecule has 0 spiro atoms. The summed E-state index contributed by atoms with van der Waals surface area (Å²) < 4.78 is 23.1. The van der Waals surface area contributed by atoms with E-state index in [4.69, 9.17) is 14.4 Å². The van der Waals surface area contributed by atoms with Crippen molar-refractivity contribution in [2.75, 3.05) is 0 Å². The molecule has 1 aromatic carbocycles. The lowest BCUT2D eigenvalue weighted by Crippen LogP contribution is -2.25. The van der Waals surface area contributed by atoms with Crippen LogP contribution in [-0.2, 0) is 16.1 Å². The highest BCUT2D eigenvalue weighted by Gasteiger charge is 2.15. The van der Waals surface area contributed by atoms with Crippen molar-refractivity contribution in [1.82, 2.24) is 9.78 Å². The first kappa shape index (κ1) is 14.5. The molecule has 2 rings (SSSR count). The van der Waals surface area contributed by atoms with Gasteiger partial charge >= 0.3 is 11.7 Å². The van der Waals surface area contributed by atoms with Crippen molar-refractivity contribution in [3.63, 3.8) is 0 Å². The summed E-state index contributed by atoms with van der Waals surface area (Å²) in [5.41, 5.74) is 0.394. The molecule has 1 atom stereocenters. The predicted octanol–water partition coefficient (Wildman–Crippen LogP) is 1.10. The van der Waals surface area contributed by atoms with Gasteiger partial charge in [0.15, 0.2) is 6.10 Å². The normalized spacial score (nSPS) is 11.7. The highest BCUT2D eigenvalue weighted by atomic mass is 19.1. The van der Waals surface area contributed by atoms with Gasteiger partial charge < -0.3 is 9.15 Å². The maximum Gasteiger partial charge on any atom is 0.437 e. The molecule has 8 heteroatoms. The molecule has 108 valence electrons. The summed E-state index contributed by atoms with van der Waals surface area (Å²) in [5.74, 6) is -2.11. The van der Waals surface area contributed by atoms with Gasteiger partial charge in [0.05, 0.1) is 0 Å². The first-order valence-electron chi connectivity index (χ1n) is 5.92. The Balaban J connectivity index is 2.16. The Morgan fingerprint density at radius 1 is 1.52 bits per heavy atom. The van der Waals surface area contributed by atoms with E-state index in [1.54, 1.807) is 6.07 Å². The number of carbonyl (C=O) groups is 1. The summed E-state index contributed by atoms with van der Waals surface area (Å²) in [6.07, 6.45) is -0.920. The van der Waals surface area contributed by atoms with E-state index >= 15 is 0 Å². The van der Waals surface area contributed by atoms with Crippen LogP contribution in [0.4, 0.5) is 4.39 Å². The lowest BCUT2D eigenvalue weighted by molar-refractivity contribution is -0.146. The molecule has 0 unspecified atom stereocenters. The fourth-order valence-electron chi connectivity index (χ4n) is 1.50. The Kier molecular flexibility index (Phi) is 4.13. The number of ether oxygens (including phenoxy) is 1. The second-order valence-corrected chi connectivity index (χ2v) is 4.10. The van der Waals surface area contributed by atoms with Gasteiger partial charge in [-0.25, -0.2) is 14.0 Å². The lowest BCUT2D eigenvalue weighted by atomic mass is 10.2. The minimum absolute atomic E-state index is 0.0406. The maximum atomic E-state index is 12.8. The first-order chi connectivity index (χ1) is 9.99. The van der Waals surface area contributed by atoms with Crippen LogP contribution in [0.1, 0.15) is 6.92 Å². The van der Waals surface area contributed by atoms with E-state index in [0.29, 0.717) is 5.56 Å². The van der Waals surface area contributed by atoms with Crippen molar-refractivity contribution in [1.29, 1.82) is 5.26 Å². The third-order valence-corrected chi connectivity index (χ3v) is 2.47. The van der Waals surface area contributed by atoms with E-state index < -0.39 is 30.2 Å². The zero-order chi connectivity index (χ0) is 15.4. The zero-order valence-electron chi connectivity index (χ0n) is 10.9. The second kappa shape index (κ2) is 6.00. The van der Waals surface area contributed by atoms with Crippen LogP contribution in [0.15, 0.2) is 33.5 Å². The van der Waals surface area contributed by atoms with Crippen LogP contribution in [0.3, 0.4) is 0 Å². The first-order valence-corrected chi connectivity index (χ1v) is 5.92. The molecule has 0 saturated carbocycles. The highest BCUT2D eigenvalue weighted by Crippen LogP contribution is 2.15. The SMILES string of the molecule is C[C@H](C#N)OC(=O)Cn1nc(-c2ccc(F)cc2)oc1=O. The van der Waals surface area contributed by atoms with Crippen molar-refractivity contribution < 1.29 is 18.3 Å². The van der Waals surface area contributed by atoms with E-state index in [2.05, 4.69) is 5.10 Å². The number of benzene rings is 1. The van der Waals surface area contributed by atoms with E-state index in [9.17, 15) is 14.0 Å². The summed E-state index contributed by atoms with van der Waals surface area (Å²) in [6, 6.07) is 6.89. The van der Waals surface area contributed by atoms with Crippen LogP contribution in [-0.4, -0.2) is 21.9 Å². The number of hydrogen-bond donors (Lipinski definition) is 0. The van der Waals surface area contributed by atoms with Crippen molar-refractivity contribution in [2.45, 2.75) is 19.6 Å². The number of halogens is 1. The number of hydrogen-bond acceptors (Lipinski definition) is 6. The Bertz CT molecular complexity index is 742. The fraction of sp³-hybridized carbons (Fsp3) is 0.231. The average Bonchev–Trinajstić information content (AvgIpc) is 2.80. The minimum Gasteiger partial charge on any atom is -0.446 e. The van der Waals surface area contributed by atoms with Crippen LogP contribution in [0.2, 0.25) is 0 Å². The topological polar surface area (TPSA) is 98.1 Å². The molecular formula is C13H10FN3O4. The number of aromatic nitrogens is 2. The van der Waals surface area contributed by atoms with Gasteiger partial charge in [0.1, 0.15) is 18.4 Å². The summed E-state index contributed by atoms with van der Waals surface area (Å²) in [4.78, 5) is 23.0. The highest BCUT2D eigenvalue weighted by molar-refractivity contribution is 5.69. The number of carbonyl (C=O) groups excluding carboxylic acids is 1. The van der Waals surface area contributed by atoms with Gasteiger partial charge in [-0.05, 0) is 31.2 Å². The molecule has 0 fully saturated rings. The third-order valence-electron chi connectivity index (χ3n) is 2.47. The second-order valence-electron chi connectivity index (χ2n) is 4.10. The summed E-state index contributed by atoms with van der Waals surface area (Å²) in [5, 5.41) is 12.3. The van der Waals surface area contributed by atoms with Gasteiger partial charge in [-0.2, -0.15) is 9.94 Å². The number of nitriles is 1. The molecule has 0 amide bonds. The molecule has 21 heavy (non-hydrogen) atoms. The van der Waals surface area contributed by atoms with Crippen LogP contribution < -0.4 is 5.76 Å². The van der Waals surface area contributed by atoms with Crippen molar-refractivity contribution in [3.05, 3.63) is 40.6 Å². The Hall–Kier alpha value is -2.95. The van der Waals surface area contributed by atoms with Crippen molar-refractivity contribution in [2.24, 2.45) is 0 Å². The molecule has 0 radical (unpaired) electrons. The van der Waals surface area contributed by atoms with Gasteiger partial charge in [0, 0.05) is 5.56 Å². The van der Waals surface area contributed by atoms with Gasteiger partial charge in [-0.3, -0.25) is 0 Å². The summed E-state index contributed by atoms with van der Waals surface area (Å²) in [7, 11) is 0. The Labute approximate surface area is 118 Å². The van der Waals surface area contributed by atoms with Crippen LogP contribution in [0, 0.1) is 17.1 Å². The van der Waals surface area contributed by atoms with E-state index in [-0.39, 0.29) is 5.89 Å². The predicted molar refractivity (Wildman–Crippen MR) is 67.3 cm³/mol. The molecule has 1 heterocycles. The van der Waals surface area contributed by atoms with Gasteiger partial charge in [0.25, 0.3) is 0 Å². The average molecular weight is 291 g/mol. The summed E-state index contributed by atoms with van der Waals surface area (Å²) in [6.45, 7) is 0.920. The maximum absolute atomic E-state index is 12.8. The smallest absolute Gasteiger partial charge is 0.437 e. The molecule has 0 aliphatic carbocycles. The number of nitrogens with zero attached hydrogens (tertiary/aromatic N) is 3. The largest absolute Gasteiger partial charge is 0.446 e.